The summed E-state index contributed by atoms with van der Waals surface area (Å²) >= 11 is 0. The van der Waals surface area contributed by atoms with Crippen molar-refractivity contribution < 1.29 is 9.47 Å². The SMILES string of the molecule is CCOC(OCC)C(N)c1ccc(C(C)C)cc1. The lowest BCUT2D eigenvalue weighted by Gasteiger charge is -2.24. The normalized spacial score (nSPS) is 13.3. The molecule has 3 heteroatoms. The van der Waals surface area contributed by atoms with Gasteiger partial charge in [0.05, 0.1) is 6.04 Å². The van der Waals surface area contributed by atoms with E-state index in [1.54, 1.807) is 0 Å². The summed E-state index contributed by atoms with van der Waals surface area (Å²) in [4.78, 5) is 0. The second kappa shape index (κ2) is 7.52. The van der Waals surface area contributed by atoms with E-state index >= 15 is 0 Å². The number of hydrogen-bond acceptors (Lipinski definition) is 3. The summed E-state index contributed by atoms with van der Waals surface area (Å²) in [6.07, 6.45) is -0.370. The summed E-state index contributed by atoms with van der Waals surface area (Å²) < 4.78 is 11.1. The third-order valence-corrected chi connectivity index (χ3v) is 2.94. The molecular weight excluding hydrogens is 226 g/mol. The first-order chi connectivity index (χ1) is 8.60. The molecule has 0 spiro atoms. The van der Waals surface area contributed by atoms with Gasteiger partial charge in [-0.05, 0) is 30.9 Å². The Kier molecular flexibility index (Phi) is 6.33. The maximum Gasteiger partial charge on any atom is 0.176 e. The van der Waals surface area contributed by atoms with Crippen molar-refractivity contribution in [2.75, 3.05) is 13.2 Å². The highest BCUT2D eigenvalue weighted by molar-refractivity contribution is 5.27. The average molecular weight is 251 g/mol. The molecule has 1 unspecified atom stereocenters. The van der Waals surface area contributed by atoms with E-state index in [9.17, 15) is 0 Å². The van der Waals surface area contributed by atoms with Gasteiger partial charge in [-0.15, -0.1) is 0 Å². The van der Waals surface area contributed by atoms with Crippen LogP contribution in [0.3, 0.4) is 0 Å². The molecule has 1 rings (SSSR count). The lowest BCUT2D eigenvalue weighted by atomic mass is 9.99. The molecule has 0 radical (unpaired) electrons. The molecule has 0 amide bonds. The first-order valence-corrected chi connectivity index (χ1v) is 6.68. The molecule has 102 valence electrons. The van der Waals surface area contributed by atoms with Crippen molar-refractivity contribution in [1.82, 2.24) is 0 Å². The van der Waals surface area contributed by atoms with Crippen LogP contribution in [0.25, 0.3) is 0 Å². The fourth-order valence-corrected chi connectivity index (χ4v) is 1.84. The van der Waals surface area contributed by atoms with E-state index in [-0.39, 0.29) is 12.3 Å². The van der Waals surface area contributed by atoms with Crippen molar-refractivity contribution in [3.63, 3.8) is 0 Å². The van der Waals surface area contributed by atoms with Gasteiger partial charge in [0.15, 0.2) is 6.29 Å². The molecule has 0 aromatic heterocycles. The minimum absolute atomic E-state index is 0.244. The summed E-state index contributed by atoms with van der Waals surface area (Å²) in [7, 11) is 0. The summed E-state index contributed by atoms with van der Waals surface area (Å²) in [6, 6.07) is 8.12. The van der Waals surface area contributed by atoms with E-state index in [0.29, 0.717) is 19.1 Å². The van der Waals surface area contributed by atoms with E-state index in [1.165, 1.54) is 5.56 Å². The van der Waals surface area contributed by atoms with Crippen LogP contribution in [0.5, 0.6) is 0 Å². The Balaban J connectivity index is 2.77. The monoisotopic (exact) mass is 251 g/mol. The predicted molar refractivity (Wildman–Crippen MR) is 74.5 cm³/mol. The Hall–Kier alpha value is -0.900. The number of nitrogens with two attached hydrogens (primary N) is 1. The predicted octanol–water partition coefficient (Wildman–Crippen LogP) is 3.21. The average Bonchev–Trinajstić information content (AvgIpc) is 2.38. The molecule has 0 aliphatic carbocycles. The second-order valence-electron chi connectivity index (χ2n) is 4.63. The van der Waals surface area contributed by atoms with Crippen molar-refractivity contribution in [3.8, 4) is 0 Å². The minimum Gasteiger partial charge on any atom is -0.351 e. The topological polar surface area (TPSA) is 44.5 Å². The molecule has 0 bridgehead atoms. The van der Waals surface area contributed by atoms with Crippen LogP contribution in [0.15, 0.2) is 24.3 Å². The standard InChI is InChI=1S/C15H25NO2/c1-5-17-15(18-6-2)14(16)13-9-7-12(8-10-13)11(3)4/h7-11,14-15H,5-6,16H2,1-4H3. The molecule has 0 fully saturated rings. The summed E-state index contributed by atoms with van der Waals surface area (Å²) in [5.74, 6) is 0.532. The highest BCUT2D eigenvalue weighted by atomic mass is 16.7. The lowest BCUT2D eigenvalue weighted by molar-refractivity contribution is -0.149. The van der Waals surface area contributed by atoms with E-state index < -0.39 is 0 Å². The molecule has 18 heavy (non-hydrogen) atoms. The van der Waals surface area contributed by atoms with Gasteiger partial charge < -0.3 is 15.2 Å². The fourth-order valence-electron chi connectivity index (χ4n) is 1.84. The maximum absolute atomic E-state index is 6.19. The van der Waals surface area contributed by atoms with Crippen LogP contribution in [-0.2, 0) is 9.47 Å². The molecule has 0 heterocycles. The highest BCUT2D eigenvalue weighted by Gasteiger charge is 2.20. The molecule has 1 atom stereocenters. The summed E-state index contributed by atoms with van der Waals surface area (Å²) in [5, 5.41) is 0. The van der Waals surface area contributed by atoms with E-state index in [1.807, 2.05) is 13.8 Å². The van der Waals surface area contributed by atoms with Gasteiger partial charge in [-0.1, -0.05) is 38.1 Å². The van der Waals surface area contributed by atoms with Crippen LogP contribution in [0.2, 0.25) is 0 Å². The van der Waals surface area contributed by atoms with Crippen molar-refractivity contribution in [2.24, 2.45) is 5.73 Å². The first kappa shape index (κ1) is 15.2. The second-order valence-corrected chi connectivity index (χ2v) is 4.63. The molecular formula is C15H25NO2. The van der Waals surface area contributed by atoms with E-state index in [2.05, 4.69) is 38.1 Å². The smallest absolute Gasteiger partial charge is 0.176 e. The third kappa shape index (κ3) is 4.09. The van der Waals surface area contributed by atoms with Crippen molar-refractivity contribution >= 4 is 0 Å². The Morgan fingerprint density at radius 3 is 1.78 bits per heavy atom. The molecule has 2 N–H and O–H groups in total. The van der Waals surface area contributed by atoms with Crippen molar-refractivity contribution in [3.05, 3.63) is 35.4 Å². The third-order valence-electron chi connectivity index (χ3n) is 2.94. The fraction of sp³-hybridized carbons (Fsp3) is 0.600. The zero-order chi connectivity index (χ0) is 13.5. The van der Waals surface area contributed by atoms with Crippen LogP contribution < -0.4 is 5.73 Å². The number of ether oxygens (including phenoxy) is 2. The highest BCUT2D eigenvalue weighted by Crippen LogP contribution is 2.21. The molecule has 0 aliphatic heterocycles. The van der Waals surface area contributed by atoms with Crippen LogP contribution in [0, 0.1) is 0 Å². The van der Waals surface area contributed by atoms with Crippen LogP contribution >= 0.6 is 0 Å². The number of benzene rings is 1. The van der Waals surface area contributed by atoms with Crippen molar-refractivity contribution in [1.29, 1.82) is 0 Å². The molecule has 3 nitrogen and oxygen atoms in total. The van der Waals surface area contributed by atoms with Crippen LogP contribution in [0.1, 0.15) is 50.8 Å². The minimum atomic E-state index is -0.370. The van der Waals surface area contributed by atoms with Crippen LogP contribution in [0.4, 0.5) is 0 Å². The molecule has 1 aromatic rings. The van der Waals surface area contributed by atoms with Gasteiger partial charge in [0, 0.05) is 13.2 Å². The van der Waals surface area contributed by atoms with Gasteiger partial charge in [-0.25, -0.2) is 0 Å². The molecule has 0 saturated heterocycles. The largest absolute Gasteiger partial charge is 0.351 e. The van der Waals surface area contributed by atoms with Gasteiger partial charge >= 0.3 is 0 Å². The van der Waals surface area contributed by atoms with E-state index in [4.69, 9.17) is 15.2 Å². The molecule has 1 aromatic carbocycles. The Bertz CT molecular complexity index is 329. The van der Waals surface area contributed by atoms with Gasteiger partial charge in [0.1, 0.15) is 0 Å². The summed E-state index contributed by atoms with van der Waals surface area (Å²) in [5.41, 5.74) is 8.55. The van der Waals surface area contributed by atoms with Gasteiger partial charge in [-0.2, -0.15) is 0 Å². The zero-order valence-electron chi connectivity index (χ0n) is 11.8. The first-order valence-electron chi connectivity index (χ1n) is 6.68. The van der Waals surface area contributed by atoms with E-state index in [0.717, 1.165) is 5.56 Å². The Morgan fingerprint density at radius 2 is 1.39 bits per heavy atom. The van der Waals surface area contributed by atoms with Crippen LogP contribution in [-0.4, -0.2) is 19.5 Å². The lowest BCUT2D eigenvalue weighted by Crippen LogP contribution is -2.31. The Morgan fingerprint density at radius 1 is 0.944 bits per heavy atom. The number of hydrogen-bond donors (Lipinski definition) is 1. The van der Waals surface area contributed by atoms with Gasteiger partial charge in [0.2, 0.25) is 0 Å². The van der Waals surface area contributed by atoms with Crippen molar-refractivity contribution in [2.45, 2.75) is 45.9 Å². The quantitative estimate of drug-likeness (QED) is 0.757. The summed E-state index contributed by atoms with van der Waals surface area (Å²) in [6.45, 7) is 9.45. The van der Waals surface area contributed by atoms with Gasteiger partial charge in [-0.3, -0.25) is 0 Å². The maximum atomic E-state index is 6.19. The molecule has 0 saturated carbocycles. The van der Waals surface area contributed by atoms with Gasteiger partial charge in [0.25, 0.3) is 0 Å². The molecule has 0 aliphatic rings. The Labute approximate surface area is 110 Å². The zero-order valence-corrected chi connectivity index (χ0v) is 11.8. The number of rotatable bonds is 7.